The average Bonchev–Trinajstić information content (AvgIpc) is 3.16. The van der Waals surface area contributed by atoms with Crippen molar-refractivity contribution in [2.24, 2.45) is 0 Å². The zero-order chi connectivity index (χ0) is 19.0. The van der Waals surface area contributed by atoms with Crippen LogP contribution in [0.15, 0.2) is 48.5 Å². The Morgan fingerprint density at radius 1 is 1.00 bits per heavy atom. The van der Waals surface area contributed by atoms with Gasteiger partial charge in [-0.25, -0.2) is 0 Å². The van der Waals surface area contributed by atoms with Crippen molar-refractivity contribution in [1.82, 2.24) is 4.90 Å². The van der Waals surface area contributed by atoms with Gasteiger partial charge in [-0.15, -0.1) is 0 Å². The molecule has 0 saturated carbocycles. The van der Waals surface area contributed by atoms with E-state index in [1.807, 2.05) is 0 Å². The average molecular weight is 378 g/mol. The van der Waals surface area contributed by atoms with Crippen molar-refractivity contribution in [3.8, 4) is 5.75 Å². The van der Waals surface area contributed by atoms with E-state index in [1.54, 1.807) is 0 Å². The van der Waals surface area contributed by atoms with E-state index < -0.39 is 5.60 Å². The zero-order valence-corrected chi connectivity index (χ0v) is 16.6. The SMILES string of the molecule is OC1(CCc2ccc3c(c2)CCO3)CC2CCCC(C1)N2Cc1ccccc1. The summed E-state index contributed by atoms with van der Waals surface area (Å²) >= 11 is 0. The molecular formula is C25H31NO2. The minimum Gasteiger partial charge on any atom is -0.493 e. The number of aryl methyl sites for hydroxylation is 1. The zero-order valence-electron chi connectivity index (χ0n) is 16.6. The van der Waals surface area contributed by atoms with Crippen molar-refractivity contribution in [2.75, 3.05) is 6.61 Å². The highest BCUT2D eigenvalue weighted by atomic mass is 16.5. The Labute approximate surface area is 168 Å². The highest BCUT2D eigenvalue weighted by Gasteiger charge is 2.44. The van der Waals surface area contributed by atoms with E-state index in [2.05, 4.69) is 53.4 Å². The van der Waals surface area contributed by atoms with Crippen molar-refractivity contribution in [3.05, 3.63) is 65.2 Å². The van der Waals surface area contributed by atoms with E-state index >= 15 is 0 Å². The van der Waals surface area contributed by atoms with Crippen molar-refractivity contribution in [3.63, 3.8) is 0 Å². The van der Waals surface area contributed by atoms with E-state index in [9.17, 15) is 5.11 Å². The maximum atomic E-state index is 11.5. The van der Waals surface area contributed by atoms with Crippen LogP contribution in [0, 0.1) is 0 Å². The Kier molecular flexibility index (Phi) is 4.90. The van der Waals surface area contributed by atoms with Gasteiger partial charge >= 0.3 is 0 Å². The minimum absolute atomic E-state index is 0.515. The molecule has 2 saturated heterocycles. The summed E-state index contributed by atoms with van der Waals surface area (Å²) in [5.41, 5.74) is 3.55. The van der Waals surface area contributed by atoms with Gasteiger partial charge in [-0.2, -0.15) is 0 Å². The Hall–Kier alpha value is -1.84. The normalized spacial score (nSPS) is 29.3. The van der Waals surface area contributed by atoms with Gasteiger partial charge < -0.3 is 9.84 Å². The first-order chi connectivity index (χ1) is 13.7. The number of aliphatic hydroxyl groups is 1. The minimum atomic E-state index is -0.515. The number of rotatable bonds is 5. The first-order valence-electron chi connectivity index (χ1n) is 11.0. The predicted octanol–water partition coefficient (Wildman–Crippen LogP) is 4.50. The monoisotopic (exact) mass is 377 g/mol. The summed E-state index contributed by atoms with van der Waals surface area (Å²) < 4.78 is 5.62. The van der Waals surface area contributed by atoms with Crippen LogP contribution in [-0.2, 0) is 19.4 Å². The molecule has 2 bridgehead atoms. The summed E-state index contributed by atoms with van der Waals surface area (Å²) in [6.07, 6.45) is 8.45. The number of ether oxygens (including phenoxy) is 1. The van der Waals surface area contributed by atoms with Crippen molar-refractivity contribution in [1.29, 1.82) is 0 Å². The summed E-state index contributed by atoms with van der Waals surface area (Å²) in [6, 6.07) is 18.4. The third kappa shape index (κ3) is 3.70. The summed E-state index contributed by atoms with van der Waals surface area (Å²) in [5, 5.41) is 11.5. The number of benzene rings is 2. The topological polar surface area (TPSA) is 32.7 Å². The van der Waals surface area contributed by atoms with Gasteiger partial charge in [0.15, 0.2) is 0 Å². The fraction of sp³-hybridized carbons (Fsp3) is 0.520. The molecule has 2 unspecified atom stereocenters. The van der Waals surface area contributed by atoms with Crippen LogP contribution in [0.5, 0.6) is 5.75 Å². The summed E-state index contributed by atoms with van der Waals surface area (Å²) in [7, 11) is 0. The molecule has 0 spiro atoms. The second-order valence-corrected chi connectivity index (χ2v) is 9.07. The number of piperidine rings is 2. The van der Waals surface area contributed by atoms with E-state index in [0.717, 1.165) is 51.0 Å². The summed E-state index contributed by atoms with van der Waals surface area (Å²) in [5.74, 6) is 1.05. The molecular weight excluding hydrogens is 346 g/mol. The Morgan fingerprint density at radius 3 is 2.57 bits per heavy atom. The quantitative estimate of drug-likeness (QED) is 0.833. The molecule has 3 nitrogen and oxygen atoms in total. The molecule has 148 valence electrons. The lowest BCUT2D eigenvalue weighted by Gasteiger charge is -2.52. The van der Waals surface area contributed by atoms with Gasteiger partial charge in [-0.1, -0.05) is 48.9 Å². The maximum absolute atomic E-state index is 11.5. The van der Waals surface area contributed by atoms with Crippen molar-refractivity contribution >= 4 is 0 Å². The van der Waals surface area contributed by atoms with E-state index in [0.29, 0.717) is 12.1 Å². The van der Waals surface area contributed by atoms with Gasteiger partial charge in [-0.05, 0) is 61.3 Å². The Morgan fingerprint density at radius 2 is 1.79 bits per heavy atom. The highest BCUT2D eigenvalue weighted by molar-refractivity contribution is 5.39. The van der Waals surface area contributed by atoms with Crippen LogP contribution in [0.2, 0.25) is 0 Å². The molecule has 0 amide bonds. The first kappa shape index (κ1) is 18.2. The molecule has 2 atom stereocenters. The smallest absolute Gasteiger partial charge is 0.122 e. The molecule has 3 aliphatic heterocycles. The lowest BCUT2D eigenvalue weighted by Crippen LogP contribution is -2.57. The van der Waals surface area contributed by atoms with Crippen molar-refractivity contribution in [2.45, 2.75) is 75.6 Å². The van der Waals surface area contributed by atoms with E-state index in [1.165, 1.54) is 36.0 Å². The first-order valence-corrected chi connectivity index (χ1v) is 11.0. The van der Waals surface area contributed by atoms with Crippen LogP contribution in [0.3, 0.4) is 0 Å². The molecule has 5 rings (SSSR count). The molecule has 2 aromatic carbocycles. The Bertz CT molecular complexity index is 805. The third-order valence-electron chi connectivity index (χ3n) is 7.08. The van der Waals surface area contributed by atoms with Crippen LogP contribution in [-0.4, -0.2) is 34.3 Å². The summed E-state index contributed by atoms with van der Waals surface area (Å²) in [4.78, 5) is 2.68. The molecule has 0 aliphatic carbocycles. The fourth-order valence-corrected chi connectivity index (χ4v) is 5.65. The van der Waals surface area contributed by atoms with E-state index in [-0.39, 0.29) is 0 Å². The largest absolute Gasteiger partial charge is 0.493 e. The molecule has 0 aromatic heterocycles. The highest BCUT2D eigenvalue weighted by Crippen LogP contribution is 2.42. The molecule has 28 heavy (non-hydrogen) atoms. The van der Waals surface area contributed by atoms with Gasteiger partial charge in [0.1, 0.15) is 5.75 Å². The molecule has 3 aliphatic rings. The number of hydrogen-bond acceptors (Lipinski definition) is 3. The van der Waals surface area contributed by atoms with Crippen LogP contribution in [0.1, 0.15) is 55.2 Å². The standard InChI is InChI=1S/C25H31NO2/c27-25(13-11-19-9-10-24-21(15-19)12-14-28-24)16-22-7-4-8-23(17-25)26(22)18-20-5-2-1-3-6-20/h1-3,5-6,9-10,15,22-23,27H,4,7-8,11-14,16-18H2. The van der Waals surface area contributed by atoms with E-state index in [4.69, 9.17) is 4.74 Å². The van der Waals surface area contributed by atoms with Gasteiger partial charge in [-0.3, -0.25) is 4.90 Å². The number of fused-ring (bicyclic) bond motifs is 3. The van der Waals surface area contributed by atoms with Gasteiger partial charge in [0, 0.05) is 25.0 Å². The number of hydrogen-bond donors (Lipinski definition) is 1. The van der Waals surface area contributed by atoms with Gasteiger partial charge in [0.05, 0.1) is 12.2 Å². The third-order valence-corrected chi connectivity index (χ3v) is 7.08. The second-order valence-electron chi connectivity index (χ2n) is 9.07. The summed E-state index contributed by atoms with van der Waals surface area (Å²) in [6.45, 7) is 1.83. The lowest BCUT2D eigenvalue weighted by molar-refractivity contribution is -0.0988. The molecule has 2 aromatic rings. The lowest BCUT2D eigenvalue weighted by atomic mass is 9.73. The maximum Gasteiger partial charge on any atom is 0.122 e. The fourth-order valence-electron chi connectivity index (χ4n) is 5.65. The predicted molar refractivity (Wildman–Crippen MR) is 112 cm³/mol. The van der Waals surface area contributed by atoms with Crippen LogP contribution in [0.4, 0.5) is 0 Å². The molecule has 3 heteroatoms. The van der Waals surface area contributed by atoms with Gasteiger partial charge in [0.2, 0.25) is 0 Å². The van der Waals surface area contributed by atoms with Crippen LogP contribution >= 0.6 is 0 Å². The number of nitrogens with zero attached hydrogens (tertiary/aromatic N) is 1. The van der Waals surface area contributed by atoms with Crippen LogP contribution < -0.4 is 4.74 Å². The Balaban J connectivity index is 1.25. The molecule has 2 fully saturated rings. The van der Waals surface area contributed by atoms with Gasteiger partial charge in [0.25, 0.3) is 0 Å². The van der Waals surface area contributed by atoms with Crippen LogP contribution in [0.25, 0.3) is 0 Å². The molecule has 3 heterocycles. The molecule has 1 N–H and O–H groups in total. The van der Waals surface area contributed by atoms with Crippen molar-refractivity contribution < 1.29 is 9.84 Å². The molecule has 0 radical (unpaired) electrons. The second kappa shape index (κ2) is 7.53.